The lowest BCUT2D eigenvalue weighted by atomic mass is 10.0. The van der Waals surface area contributed by atoms with E-state index in [0.29, 0.717) is 0 Å². The monoisotopic (exact) mass is 184 g/mol. The van der Waals surface area contributed by atoms with E-state index < -0.39 is 0 Å². The van der Waals surface area contributed by atoms with Gasteiger partial charge >= 0.3 is 0 Å². The molecular weight excluding hydrogens is 160 g/mol. The minimum Gasteiger partial charge on any atom is -0.306 e. The average Bonchev–Trinajstić information content (AvgIpc) is 2.09. The second kappa shape index (κ2) is 5.61. The molecule has 0 aromatic carbocycles. The molecule has 0 aromatic heterocycles. The van der Waals surface area contributed by atoms with Crippen molar-refractivity contribution in [1.29, 1.82) is 0 Å². The van der Waals surface area contributed by atoms with Crippen molar-refractivity contribution in [3.05, 3.63) is 0 Å². The lowest BCUT2D eigenvalue weighted by molar-refractivity contribution is 0.0707. The topological polar surface area (TPSA) is 6.48 Å². The number of piperidine rings is 1. The van der Waals surface area contributed by atoms with Gasteiger partial charge in [0.15, 0.2) is 0 Å². The molecule has 0 radical (unpaired) electrons. The lowest BCUT2D eigenvalue weighted by Gasteiger charge is -2.42. The number of hydrogen-bond acceptors (Lipinski definition) is 2. The molecule has 0 bridgehead atoms. The molecule has 0 aliphatic carbocycles. The fourth-order valence-corrected chi connectivity index (χ4v) is 2.07. The third-order valence-electron chi connectivity index (χ3n) is 3.10. The van der Waals surface area contributed by atoms with Crippen LogP contribution in [0, 0.1) is 0 Å². The first-order valence-electron chi connectivity index (χ1n) is 5.79. The van der Waals surface area contributed by atoms with Crippen molar-refractivity contribution in [3.8, 4) is 0 Å². The summed E-state index contributed by atoms with van der Waals surface area (Å²) in [6, 6.07) is 0.931. The normalized spacial score (nSPS) is 26.1. The van der Waals surface area contributed by atoms with Gasteiger partial charge in [0.05, 0.1) is 0 Å². The van der Waals surface area contributed by atoms with Crippen molar-refractivity contribution in [2.75, 3.05) is 33.2 Å². The molecule has 0 aromatic rings. The van der Waals surface area contributed by atoms with Crippen LogP contribution in [0.25, 0.3) is 0 Å². The summed E-state index contributed by atoms with van der Waals surface area (Å²) in [7, 11) is 2.23. The van der Waals surface area contributed by atoms with Gasteiger partial charge in [-0.05, 0) is 52.5 Å². The highest BCUT2D eigenvalue weighted by Crippen LogP contribution is 2.20. The van der Waals surface area contributed by atoms with Gasteiger partial charge in [-0.15, -0.1) is 0 Å². The van der Waals surface area contributed by atoms with Gasteiger partial charge in [-0.2, -0.15) is 0 Å². The minimum atomic E-state index is 0.931. The van der Waals surface area contributed by atoms with E-state index >= 15 is 0 Å². The molecule has 2 saturated heterocycles. The number of hydrogen-bond donors (Lipinski definition) is 0. The number of likely N-dealkylation sites (tertiary alicyclic amines) is 2. The highest BCUT2D eigenvalue weighted by molar-refractivity contribution is 4.82. The minimum absolute atomic E-state index is 0.931. The summed E-state index contributed by atoms with van der Waals surface area (Å²) in [6.07, 6.45) is 4.24. The molecule has 2 fully saturated rings. The molecular formula is C11H24N2. The molecule has 78 valence electrons. The third kappa shape index (κ3) is 2.96. The fourth-order valence-electron chi connectivity index (χ4n) is 2.07. The van der Waals surface area contributed by atoms with Crippen LogP contribution in [0.3, 0.4) is 0 Å². The third-order valence-corrected chi connectivity index (χ3v) is 3.10. The fraction of sp³-hybridized carbons (Fsp3) is 1.00. The zero-order chi connectivity index (χ0) is 9.68. The van der Waals surface area contributed by atoms with Crippen LogP contribution in [-0.4, -0.2) is 49.1 Å². The summed E-state index contributed by atoms with van der Waals surface area (Å²) >= 11 is 0. The zero-order valence-corrected chi connectivity index (χ0v) is 9.42. The van der Waals surface area contributed by atoms with E-state index in [1.165, 1.54) is 45.4 Å². The Bertz CT molecular complexity index is 124. The lowest BCUT2D eigenvalue weighted by Crippen LogP contribution is -2.49. The average molecular weight is 184 g/mol. The maximum atomic E-state index is 2.65. The Balaban J connectivity index is 0.000000396. The van der Waals surface area contributed by atoms with Gasteiger partial charge in [-0.1, -0.05) is 13.8 Å². The van der Waals surface area contributed by atoms with Crippen molar-refractivity contribution >= 4 is 0 Å². The molecule has 0 atom stereocenters. The molecule has 0 saturated carbocycles. The highest BCUT2D eigenvalue weighted by atomic mass is 15.2. The van der Waals surface area contributed by atoms with Gasteiger partial charge in [0.25, 0.3) is 0 Å². The maximum Gasteiger partial charge on any atom is 0.0120 e. The first-order chi connectivity index (χ1) is 6.36. The second-order valence-corrected chi connectivity index (χ2v) is 3.92. The molecule has 2 heteroatoms. The molecule has 0 unspecified atom stereocenters. The highest BCUT2D eigenvalue weighted by Gasteiger charge is 2.26. The van der Waals surface area contributed by atoms with Gasteiger partial charge in [-0.25, -0.2) is 0 Å². The molecule has 0 amide bonds. The smallest absolute Gasteiger partial charge is 0.0120 e. The summed E-state index contributed by atoms with van der Waals surface area (Å²) in [6.45, 7) is 9.35. The van der Waals surface area contributed by atoms with E-state index in [9.17, 15) is 0 Å². The van der Waals surface area contributed by atoms with Crippen molar-refractivity contribution < 1.29 is 0 Å². The zero-order valence-electron chi connectivity index (χ0n) is 9.42. The van der Waals surface area contributed by atoms with Gasteiger partial charge < -0.3 is 9.80 Å². The largest absolute Gasteiger partial charge is 0.306 e. The summed E-state index contributed by atoms with van der Waals surface area (Å²) in [5.41, 5.74) is 0. The molecule has 13 heavy (non-hydrogen) atoms. The van der Waals surface area contributed by atoms with Crippen LogP contribution < -0.4 is 0 Å². The van der Waals surface area contributed by atoms with E-state index in [1.54, 1.807) is 0 Å². The summed E-state index contributed by atoms with van der Waals surface area (Å²) < 4.78 is 0. The standard InChI is InChI=1S/C9H18N2.C2H6/c1-10-7-3-9(4-8-10)11-5-2-6-11;1-2/h9H,2-8H2,1H3;1-2H3. The van der Waals surface area contributed by atoms with Gasteiger partial charge in [0.1, 0.15) is 0 Å². The van der Waals surface area contributed by atoms with E-state index in [0.717, 1.165) is 6.04 Å². The van der Waals surface area contributed by atoms with Crippen LogP contribution in [0.4, 0.5) is 0 Å². The summed E-state index contributed by atoms with van der Waals surface area (Å²) in [5, 5.41) is 0. The summed E-state index contributed by atoms with van der Waals surface area (Å²) in [5.74, 6) is 0. The van der Waals surface area contributed by atoms with Gasteiger partial charge in [0.2, 0.25) is 0 Å². The molecule has 2 heterocycles. The van der Waals surface area contributed by atoms with Crippen molar-refractivity contribution in [3.63, 3.8) is 0 Å². The molecule has 2 rings (SSSR count). The van der Waals surface area contributed by atoms with Crippen molar-refractivity contribution in [2.24, 2.45) is 0 Å². The van der Waals surface area contributed by atoms with Crippen LogP contribution in [0.5, 0.6) is 0 Å². The Labute approximate surface area is 82.9 Å². The Hall–Kier alpha value is -0.0800. The number of nitrogens with zero attached hydrogens (tertiary/aromatic N) is 2. The first kappa shape index (κ1) is 11.0. The molecule has 0 spiro atoms. The summed E-state index contributed by atoms with van der Waals surface area (Å²) in [4.78, 5) is 5.09. The van der Waals surface area contributed by atoms with E-state index in [1.807, 2.05) is 13.8 Å². The quantitative estimate of drug-likeness (QED) is 0.613. The first-order valence-corrected chi connectivity index (χ1v) is 5.79. The predicted molar refractivity (Wildman–Crippen MR) is 58.1 cm³/mol. The molecule has 2 nitrogen and oxygen atoms in total. The molecule has 0 N–H and O–H groups in total. The van der Waals surface area contributed by atoms with Crippen LogP contribution >= 0.6 is 0 Å². The molecule has 2 aliphatic heterocycles. The molecule has 2 aliphatic rings. The Morgan fingerprint density at radius 1 is 0.923 bits per heavy atom. The van der Waals surface area contributed by atoms with Crippen LogP contribution in [0.1, 0.15) is 33.1 Å². The van der Waals surface area contributed by atoms with Crippen LogP contribution in [0.2, 0.25) is 0 Å². The number of rotatable bonds is 1. The maximum absolute atomic E-state index is 2.65. The van der Waals surface area contributed by atoms with Crippen molar-refractivity contribution in [2.45, 2.75) is 39.2 Å². The Morgan fingerprint density at radius 2 is 1.46 bits per heavy atom. The van der Waals surface area contributed by atoms with Crippen LogP contribution in [-0.2, 0) is 0 Å². The van der Waals surface area contributed by atoms with E-state index in [2.05, 4.69) is 16.8 Å². The SMILES string of the molecule is CC.CN1CCC(N2CCC2)CC1. The predicted octanol–water partition coefficient (Wildman–Crippen LogP) is 1.81. The Morgan fingerprint density at radius 3 is 1.85 bits per heavy atom. The Kier molecular flexibility index (Phi) is 4.74. The van der Waals surface area contributed by atoms with E-state index in [4.69, 9.17) is 0 Å². The van der Waals surface area contributed by atoms with Gasteiger partial charge in [0, 0.05) is 6.04 Å². The second-order valence-electron chi connectivity index (χ2n) is 3.92. The van der Waals surface area contributed by atoms with Gasteiger partial charge in [-0.3, -0.25) is 0 Å². The van der Waals surface area contributed by atoms with Crippen molar-refractivity contribution in [1.82, 2.24) is 9.80 Å². The van der Waals surface area contributed by atoms with Crippen LogP contribution in [0.15, 0.2) is 0 Å². The van der Waals surface area contributed by atoms with E-state index in [-0.39, 0.29) is 0 Å².